The summed E-state index contributed by atoms with van der Waals surface area (Å²) in [7, 11) is 0. The highest BCUT2D eigenvalue weighted by molar-refractivity contribution is 5.89. The van der Waals surface area contributed by atoms with E-state index in [1.54, 1.807) is 24.3 Å². The smallest absolute Gasteiger partial charge is 0.338 e. The molecule has 160 valence electrons. The molecule has 0 saturated carbocycles. The summed E-state index contributed by atoms with van der Waals surface area (Å²) in [5.74, 6) is 0.977. The molecule has 0 aliphatic heterocycles. The van der Waals surface area contributed by atoms with Crippen molar-refractivity contribution < 1.29 is 28.5 Å². The van der Waals surface area contributed by atoms with Gasteiger partial charge in [0, 0.05) is 0 Å². The minimum Gasteiger partial charge on any atom is -0.494 e. The minimum absolute atomic E-state index is 0.131. The molecule has 3 aromatic rings. The Morgan fingerprint density at radius 2 is 1.35 bits per heavy atom. The van der Waals surface area contributed by atoms with Crippen LogP contribution in [0.1, 0.15) is 22.8 Å². The number of benzene rings is 3. The largest absolute Gasteiger partial charge is 0.494 e. The topological polar surface area (TPSA) is 71.1 Å². The van der Waals surface area contributed by atoms with E-state index in [0.29, 0.717) is 17.9 Å². The lowest BCUT2D eigenvalue weighted by Crippen LogP contribution is -2.13. The number of ether oxygens (including phenoxy) is 4. The molecule has 6 heteroatoms. The predicted molar refractivity (Wildman–Crippen MR) is 116 cm³/mol. The number of para-hydroxylation sites is 1. The highest BCUT2D eigenvalue weighted by Crippen LogP contribution is 2.16. The second-order valence-electron chi connectivity index (χ2n) is 6.55. The molecule has 3 aromatic carbocycles. The lowest BCUT2D eigenvalue weighted by Gasteiger charge is -2.08. The van der Waals surface area contributed by atoms with Crippen molar-refractivity contribution in [1.82, 2.24) is 0 Å². The first-order valence-electron chi connectivity index (χ1n) is 10.0. The lowest BCUT2D eigenvalue weighted by molar-refractivity contribution is -0.133. The van der Waals surface area contributed by atoms with Crippen molar-refractivity contribution in [2.45, 2.75) is 13.3 Å². The van der Waals surface area contributed by atoms with E-state index in [-0.39, 0.29) is 19.6 Å². The van der Waals surface area contributed by atoms with Gasteiger partial charge in [0.1, 0.15) is 30.5 Å². The molecule has 0 unspecified atom stereocenters. The van der Waals surface area contributed by atoms with E-state index in [2.05, 4.69) is 0 Å². The first-order valence-corrected chi connectivity index (χ1v) is 10.0. The summed E-state index contributed by atoms with van der Waals surface area (Å²) in [6, 6.07) is 22.8. The Balaban J connectivity index is 1.42. The number of carbonyl (C=O) groups is 2. The van der Waals surface area contributed by atoms with Gasteiger partial charge in [-0.25, -0.2) is 4.79 Å². The molecule has 0 bridgehead atoms. The van der Waals surface area contributed by atoms with Crippen LogP contribution < -0.4 is 14.2 Å². The molecular weight excluding hydrogens is 396 g/mol. The van der Waals surface area contributed by atoms with Crippen molar-refractivity contribution in [3.63, 3.8) is 0 Å². The predicted octanol–water partition coefficient (Wildman–Crippen LogP) is 4.47. The Hall–Kier alpha value is -3.80. The third-order valence-corrected chi connectivity index (χ3v) is 4.23. The van der Waals surface area contributed by atoms with Crippen molar-refractivity contribution in [3.05, 3.63) is 90.0 Å². The summed E-state index contributed by atoms with van der Waals surface area (Å²) in [5.41, 5.74) is 1.19. The molecule has 0 aromatic heterocycles. The van der Waals surface area contributed by atoms with Crippen LogP contribution in [0, 0.1) is 0 Å². The SMILES string of the molecule is CCOc1ccc(CC(=O)Oc2ccc(C(=O)OCCOc3ccccc3)cc2)cc1. The van der Waals surface area contributed by atoms with Crippen molar-refractivity contribution in [2.75, 3.05) is 19.8 Å². The number of carbonyl (C=O) groups excluding carboxylic acids is 2. The van der Waals surface area contributed by atoms with Crippen LogP contribution >= 0.6 is 0 Å². The number of hydrogen-bond donors (Lipinski definition) is 0. The third-order valence-electron chi connectivity index (χ3n) is 4.23. The van der Waals surface area contributed by atoms with Crippen LogP contribution in [0.3, 0.4) is 0 Å². The van der Waals surface area contributed by atoms with Crippen molar-refractivity contribution >= 4 is 11.9 Å². The maximum absolute atomic E-state index is 12.1. The van der Waals surface area contributed by atoms with Crippen molar-refractivity contribution in [3.8, 4) is 17.2 Å². The molecular formula is C25H24O6. The summed E-state index contributed by atoms with van der Waals surface area (Å²) in [6.45, 7) is 2.90. The molecule has 0 saturated heterocycles. The number of rotatable bonds is 10. The van der Waals surface area contributed by atoms with E-state index >= 15 is 0 Å². The van der Waals surface area contributed by atoms with Gasteiger partial charge in [0.15, 0.2) is 0 Å². The van der Waals surface area contributed by atoms with Gasteiger partial charge in [-0.2, -0.15) is 0 Å². The summed E-state index contributed by atoms with van der Waals surface area (Å²) in [4.78, 5) is 24.3. The van der Waals surface area contributed by atoms with Crippen LogP contribution in [0.25, 0.3) is 0 Å². The van der Waals surface area contributed by atoms with Crippen molar-refractivity contribution in [1.29, 1.82) is 0 Å². The second-order valence-corrected chi connectivity index (χ2v) is 6.55. The Labute approximate surface area is 181 Å². The van der Waals surface area contributed by atoms with Gasteiger partial charge in [0.2, 0.25) is 0 Å². The van der Waals surface area contributed by atoms with Gasteiger partial charge in [0.25, 0.3) is 0 Å². The lowest BCUT2D eigenvalue weighted by atomic mass is 10.1. The van der Waals surface area contributed by atoms with Crippen LogP contribution in [0.15, 0.2) is 78.9 Å². The maximum Gasteiger partial charge on any atom is 0.338 e. The average molecular weight is 420 g/mol. The first-order chi connectivity index (χ1) is 15.1. The van der Waals surface area contributed by atoms with E-state index in [1.165, 1.54) is 0 Å². The van der Waals surface area contributed by atoms with Gasteiger partial charge in [0.05, 0.1) is 18.6 Å². The van der Waals surface area contributed by atoms with E-state index in [1.807, 2.05) is 61.5 Å². The van der Waals surface area contributed by atoms with Crippen LogP contribution in [0.2, 0.25) is 0 Å². The van der Waals surface area contributed by atoms with Gasteiger partial charge in [-0.3, -0.25) is 4.79 Å². The molecule has 0 heterocycles. The Morgan fingerprint density at radius 1 is 0.710 bits per heavy atom. The normalized spacial score (nSPS) is 10.2. The summed E-state index contributed by atoms with van der Waals surface area (Å²) in [6.07, 6.45) is 0.137. The molecule has 0 fully saturated rings. The average Bonchev–Trinajstić information content (AvgIpc) is 2.79. The van der Waals surface area contributed by atoms with Gasteiger partial charge >= 0.3 is 11.9 Å². The zero-order chi connectivity index (χ0) is 21.9. The van der Waals surface area contributed by atoms with E-state index < -0.39 is 11.9 Å². The highest BCUT2D eigenvalue weighted by atomic mass is 16.6. The van der Waals surface area contributed by atoms with Crippen LogP contribution in [0.4, 0.5) is 0 Å². The van der Waals surface area contributed by atoms with Crippen LogP contribution in [-0.2, 0) is 16.0 Å². The van der Waals surface area contributed by atoms with Crippen molar-refractivity contribution in [2.24, 2.45) is 0 Å². The van der Waals surface area contributed by atoms with E-state index in [4.69, 9.17) is 18.9 Å². The Bertz CT molecular complexity index is 965. The first kappa shape index (κ1) is 21.9. The Kier molecular flexibility index (Phi) is 8.05. The molecule has 6 nitrogen and oxygen atoms in total. The van der Waals surface area contributed by atoms with Gasteiger partial charge in [-0.05, 0) is 61.0 Å². The molecule has 0 N–H and O–H groups in total. The Morgan fingerprint density at radius 3 is 2.03 bits per heavy atom. The van der Waals surface area contributed by atoms with E-state index in [0.717, 1.165) is 17.1 Å². The van der Waals surface area contributed by atoms with E-state index in [9.17, 15) is 9.59 Å². The molecule has 0 aliphatic rings. The monoisotopic (exact) mass is 420 g/mol. The summed E-state index contributed by atoms with van der Waals surface area (Å²) < 4.78 is 21.4. The molecule has 0 spiro atoms. The standard InChI is InChI=1S/C25H24O6/c1-2-28-22-12-8-19(9-13-22)18-24(26)31-23-14-10-20(11-15-23)25(27)30-17-16-29-21-6-4-3-5-7-21/h3-15H,2,16-18H2,1H3. The quantitative estimate of drug-likeness (QED) is 0.274. The highest BCUT2D eigenvalue weighted by Gasteiger charge is 2.10. The zero-order valence-corrected chi connectivity index (χ0v) is 17.3. The molecule has 3 rings (SSSR count). The fourth-order valence-corrected chi connectivity index (χ4v) is 2.76. The van der Waals surface area contributed by atoms with Gasteiger partial charge < -0.3 is 18.9 Å². The fraction of sp³-hybridized carbons (Fsp3) is 0.200. The third kappa shape index (κ3) is 7.19. The molecule has 0 atom stereocenters. The molecule has 0 radical (unpaired) electrons. The second kappa shape index (κ2) is 11.4. The zero-order valence-electron chi connectivity index (χ0n) is 17.3. The maximum atomic E-state index is 12.1. The summed E-state index contributed by atoms with van der Waals surface area (Å²) in [5, 5.41) is 0. The molecule has 0 amide bonds. The molecule has 31 heavy (non-hydrogen) atoms. The molecule has 0 aliphatic carbocycles. The fourth-order valence-electron chi connectivity index (χ4n) is 2.76. The number of esters is 2. The van der Waals surface area contributed by atoms with Gasteiger partial charge in [-0.1, -0.05) is 30.3 Å². The van der Waals surface area contributed by atoms with Crippen LogP contribution in [0.5, 0.6) is 17.2 Å². The minimum atomic E-state index is -0.469. The van der Waals surface area contributed by atoms with Gasteiger partial charge in [-0.15, -0.1) is 0 Å². The number of hydrogen-bond acceptors (Lipinski definition) is 6. The summed E-state index contributed by atoms with van der Waals surface area (Å²) >= 11 is 0. The van der Waals surface area contributed by atoms with Crippen LogP contribution in [-0.4, -0.2) is 31.8 Å².